The fourth-order valence-electron chi connectivity index (χ4n) is 1.83. The molecule has 1 N–H and O–H groups in total. The number of rotatable bonds is 3. The average Bonchev–Trinajstić information content (AvgIpc) is 2.77. The number of sulfonamides is 1. The van der Waals surface area contributed by atoms with Crippen molar-refractivity contribution in [2.75, 3.05) is 0 Å². The van der Waals surface area contributed by atoms with Gasteiger partial charge in [0.1, 0.15) is 0 Å². The molecule has 0 aliphatic heterocycles. The smallest absolute Gasteiger partial charge is 0.259 e. The lowest BCUT2D eigenvalue weighted by atomic mass is 10.3. The standard InChI is InChI=1S/C9H14ClN3O2S/c1-13-5-9(11-6-13)16(14,15)12-8-4-2-3-7(8)10/h5-8,12H,2-4H2,1H3. The van der Waals surface area contributed by atoms with Crippen LogP contribution in [0.5, 0.6) is 0 Å². The second-order valence-corrected chi connectivity index (χ2v) is 6.27. The van der Waals surface area contributed by atoms with Gasteiger partial charge in [0.05, 0.1) is 6.33 Å². The summed E-state index contributed by atoms with van der Waals surface area (Å²) in [6.45, 7) is 0. The molecule has 2 atom stereocenters. The zero-order valence-corrected chi connectivity index (χ0v) is 10.5. The molecule has 16 heavy (non-hydrogen) atoms. The van der Waals surface area contributed by atoms with Crippen LogP contribution in [0.3, 0.4) is 0 Å². The molecule has 7 heteroatoms. The summed E-state index contributed by atoms with van der Waals surface area (Å²) in [6, 6.07) is -0.173. The summed E-state index contributed by atoms with van der Waals surface area (Å²) < 4.78 is 28.0. The second kappa shape index (κ2) is 4.35. The van der Waals surface area contributed by atoms with Gasteiger partial charge in [0.25, 0.3) is 10.0 Å². The predicted molar refractivity (Wildman–Crippen MR) is 60.8 cm³/mol. The Kier molecular flexibility index (Phi) is 3.23. The van der Waals surface area contributed by atoms with Crippen LogP contribution in [0.25, 0.3) is 0 Å². The van der Waals surface area contributed by atoms with Crippen molar-refractivity contribution < 1.29 is 8.42 Å². The molecule has 1 aromatic rings. The molecule has 0 saturated heterocycles. The van der Waals surface area contributed by atoms with Crippen LogP contribution in [-0.4, -0.2) is 29.4 Å². The van der Waals surface area contributed by atoms with Crippen molar-refractivity contribution in [3.05, 3.63) is 12.5 Å². The van der Waals surface area contributed by atoms with Crippen molar-refractivity contribution in [2.45, 2.75) is 35.7 Å². The molecule has 5 nitrogen and oxygen atoms in total. The Balaban J connectivity index is 2.14. The van der Waals surface area contributed by atoms with Crippen LogP contribution in [0.4, 0.5) is 0 Å². The Bertz CT molecular complexity index is 471. The van der Waals surface area contributed by atoms with E-state index < -0.39 is 10.0 Å². The average molecular weight is 264 g/mol. The molecule has 0 amide bonds. The quantitative estimate of drug-likeness (QED) is 0.823. The monoisotopic (exact) mass is 263 g/mol. The Morgan fingerprint density at radius 2 is 2.31 bits per heavy atom. The summed E-state index contributed by atoms with van der Waals surface area (Å²) >= 11 is 6.02. The lowest BCUT2D eigenvalue weighted by Crippen LogP contribution is -2.37. The molecular weight excluding hydrogens is 250 g/mol. The van der Waals surface area contributed by atoms with Crippen LogP contribution < -0.4 is 4.72 Å². The summed E-state index contributed by atoms with van der Waals surface area (Å²) in [4.78, 5) is 3.82. The number of hydrogen-bond donors (Lipinski definition) is 1. The second-order valence-electron chi connectivity index (χ2n) is 4.05. The van der Waals surface area contributed by atoms with E-state index in [1.54, 1.807) is 11.6 Å². The van der Waals surface area contributed by atoms with E-state index >= 15 is 0 Å². The molecule has 1 aromatic heterocycles. The van der Waals surface area contributed by atoms with Gasteiger partial charge < -0.3 is 4.57 Å². The largest absolute Gasteiger partial charge is 0.339 e. The first kappa shape index (κ1) is 11.9. The minimum atomic E-state index is -3.52. The molecule has 1 fully saturated rings. The molecule has 1 aliphatic rings. The maximum absolute atomic E-state index is 11.9. The summed E-state index contributed by atoms with van der Waals surface area (Å²) in [5.74, 6) is 0. The van der Waals surface area contributed by atoms with Crippen molar-refractivity contribution in [3.63, 3.8) is 0 Å². The van der Waals surface area contributed by atoms with Gasteiger partial charge in [-0.25, -0.2) is 18.1 Å². The summed E-state index contributed by atoms with van der Waals surface area (Å²) in [7, 11) is -1.79. The van der Waals surface area contributed by atoms with Crippen LogP contribution >= 0.6 is 11.6 Å². The van der Waals surface area contributed by atoms with Gasteiger partial charge in [-0.05, 0) is 12.8 Å². The molecular formula is C9H14ClN3O2S. The molecule has 2 unspecified atom stereocenters. The van der Waals surface area contributed by atoms with Crippen LogP contribution in [-0.2, 0) is 17.1 Å². The predicted octanol–water partition coefficient (Wildman–Crippen LogP) is 0.858. The van der Waals surface area contributed by atoms with Crippen molar-refractivity contribution in [1.82, 2.24) is 14.3 Å². The van der Waals surface area contributed by atoms with Gasteiger partial charge in [-0.3, -0.25) is 0 Å². The summed E-state index contributed by atoms with van der Waals surface area (Å²) in [5, 5.41) is -0.0655. The van der Waals surface area contributed by atoms with Crippen molar-refractivity contribution in [3.8, 4) is 0 Å². The molecule has 0 radical (unpaired) electrons. The number of imidazole rings is 1. The Morgan fingerprint density at radius 3 is 2.81 bits per heavy atom. The minimum Gasteiger partial charge on any atom is -0.339 e. The highest BCUT2D eigenvalue weighted by Gasteiger charge is 2.30. The van der Waals surface area contributed by atoms with Crippen LogP contribution in [0.1, 0.15) is 19.3 Å². The first-order valence-corrected chi connectivity index (χ1v) is 7.05. The molecule has 1 saturated carbocycles. The number of nitrogens with zero attached hydrogens (tertiary/aromatic N) is 2. The van der Waals surface area contributed by atoms with Gasteiger partial charge in [-0.1, -0.05) is 6.42 Å². The van der Waals surface area contributed by atoms with E-state index in [2.05, 4.69) is 9.71 Å². The molecule has 0 spiro atoms. The van der Waals surface area contributed by atoms with Gasteiger partial charge in [-0.15, -0.1) is 11.6 Å². The number of aryl methyl sites for hydroxylation is 1. The van der Waals surface area contributed by atoms with Crippen LogP contribution in [0, 0.1) is 0 Å². The number of alkyl halides is 1. The highest BCUT2D eigenvalue weighted by atomic mass is 35.5. The van der Waals surface area contributed by atoms with Gasteiger partial charge in [-0.2, -0.15) is 0 Å². The molecule has 90 valence electrons. The Morgan fingerprint density at radius 1 is 1.56 bits per heavy atom. The third kappa shape index (κ3) is 2.39. The van der Waals surface area contributed by atoms with Crippen molar-refractivity contribution >= 4 is 21.6 Å². The zero-order valence-electron chi connectivity index (χ0n) is 8.93. The first-order valence-electron chi connectivity index (χ1n) is 5.13. The maximum atomic E-state index is 11.9. The first-order chi connectivity index (χ1) is 7.49. The third-order valence-electron chi connectivity index (χ3n) is 2.69. The zero-order chi connectivity index (χ0) is 11.8. The highest BCUT2D eigenvalue weighted by Crippen LogP contribution is 2.25. The van der Waals surface area contributed by atoms with E-state index in [1.807, 2.05) is 0 Å². The van der Waals surface area contributed by atoms with E-state index in [0.717, 1.165) is 19.3 Å². The van der Waals surface area contributed by atoms with Gasteiger partial charge in [0.15, 0.2) is 5.03 Å². The van der Waals surface area contributed by atoms with E-state index in [9.17, 15) is 8.42 Å². The highest BCUT2D eigenvalue weighted by molar-refractivity contribution is 7.89. The molecule has 0 bridgehead atoms. The number of aromatic nitrogens is 2. The van der Waals surface area contributed by atoms with Gasteiger partial charge in [0, 0.05) is 24.7 Å². The van der Waals surface area contributed by atoms with E-state index in [0.29, 0.717) is 0 Å². The van der Waals surface area contributed by atoms with Crippen molar-refractivity contribution in [1.29, 1.82) is 0 Å². The lowest BCUT2D eigenvalue weighted by molar-refractivity contribution is 0.551. The number of hydrogen-bond acceptors (Lipinski definition) is 3. The van der Waals surface area contributed by atoms with Crippen LogP contribution in [0.15, 0.2) is 17.6 Å². The van der Waals surface area contributed by atoms with E-state index in [-0.39, 0.29) is 16.4 Å². The Labute approximate surface area is 99.9 Å². The SMILES string of the molecule is Cn1cnc(S(=O)(=O)NC2CCCC2Cl)c1. The van der Waals surface area contributed by atoms with E-state index in [4.69, 9.17) is 11.6 Å². The van der Waals surface area contributed by atoms with Gasteiger partial charge >= 0.3 is 0 Å². The summed E-state index contributed by atoms with van der Waals surface area (Å²) in [6.07, 6.45) is 5.54. The molecule has 1 aliphatic carbocycles. The Hall–Kier alpha value is -0.590. The molecule has 2 rings (SSSR count). The fourth-order valence-corrected chi connectivity index (χ4v) is 3.55. The lowest BCUT2D eigenvalue weighted by Gasteiger charge is -2.14. The normalized spacial score (nSPS) is 26.1. The topological polar surface area (TPSA) is 64.0 Å². The molecule has 1 heterocycles. The fraction of sp³-hybridized carbons (Fsp3) is 0.667. The minimum absolute atomic E-state index is 0.0470. The number of halogens is 1. The van der Waals surface area contributed by atoms with Crippen molar-refractivity contribution in [2.24, 2.45) is 7.05 Å². The number of nitrogens with one attached hydrogen (secondary N) is 1. The van der Waals surface area contributed by atoms with E-state index in [1.165, 1.54) is 12.5 Å². The van der Waals surface area contributed by atoms with Crippen LogP contribution in [0.2, 0.25) is 0 Å². The van der Waals surface area contributed by atoms with Gasteiger partial charge in [0.2, 0.25) is 0 Å². The summed E-state index contributed by atoms with van der Waals surface area (Å²) in [5.41, 5.74) is 0. The third-order valence-corrected chi connectivity index (χ3v) is 4.59. The molecule has 0 aromatic carbocycles. The maximum Gasteiger partial charge on any atom is 0.259 e.